The molecule has 0 spiro atoms. The first-order valence-electron chi connectivity index (χ1n) is 9.89. The average Bonchev–Trinajstić information content (AvgIpc) is 3.20. The SMILES string of the molecule is CC(Cn1cccn1)C(=O)N1CCc2nc(C3CCN(C)CC3)ncc2C1. The van der Waals surface area contributed by atoms with Crippen molar-refractivity contribution in [2.75, 3.05) is 26.7 Å². The Kier molecular flexibility index (Phi) is 5.20. The first-order chi connectivity index (χ1) is 13.1. The third kappa shape index (κ3) is 4.03. The van der Waals surface area contributed by atoms with Crippen LogP contribution in [0, 0.1) is 5.92 Å². The van der Waals surface area contributed by atoms with E-state index in [2.05, 4.69) is 22.0 Å². The van der Waals surface area contributed by atoms with Gasteiger partial charge in [0.1, 0.15) is 5.82 Å². The highest BCUT2D eigenvalue weighted by Gasteiger charge is 2.27. The number of aromatic nitrogens is 4. The smallest absolute Gasteiger partial charge is 0.227 e. The molecule has 7 nitrogen and oxygen atoms in total. The molecule has 0 saturated carbocycles. The van der Waals surface area contributed by atoms with E-state index < -0.39 is 0 Å². The van der Waals surface area contributed by atoms with Crippen molar-refractivity contribution in [1.82, 2.24) is 29.5 Å². The van der Waals surface area contributed by atoms with Crippen molar-refractivity contribution in [2.24, 2.45) is 5.92 Å². The molecular formula is C20H28N6O. The average molecular weight is 368 g/mol. The van der Waals surface area contributed by atoms with Crippen LogP contribution in [0.25, 0.3) is 0 Å². The van der Waals surface area contributed by atoms with Crippen LogP contribution in [0.3, 0.4) is 0 Å². The summed E-state index contributed by atoms with van der Waals surface area (Å²) in [5.41, 5.74) is 2.22. The second-order valence-electron chi connectivity index (χ2n) is 7.92. The minimum atomic E-state index is -0.0918. The van der Waals surface area contributed by atoms with Gasteiger partial charge in [-0.15, -0.1) is 0 Å². The molecule has 1 fully saturated rings. The summed E-state index contributed by atoms with van der Waals surface area (Å²) in [4.78, 5) is 26.7. The molecule has 1 amide bonds. The van der Waals surface area contributed by atoms with Crippen molar-refractivity contribution in [3.8, 4) is 0 Å². The lowest BCUT2D eigenvalue weighted by Crippen LogP contribution is -2.40. The number of piperidine rings is 1. The molecule has 2 aromatic heterocycles. The Morgan fingerprint density at radius 1 is 1.30 bits per heavy atom. The number of rotatable bonds is 4. The van der Waals surface area contributed by atoms with E-state index >= 15 is 0 Å². The third-order valence-electron chi connectivity index (χ3n) is 5.79. The molecule has 144 valence electrons. The maximum Gasteiger partial charge on any atom is 0.227 e. The Morgan fingerprint density at radius 2 is 2.11 bits per heavy atom. The number of amides is 1. The molecule has 2 aromatic rings. The summed E-state index contributed by atoms with van der Waals surface area (Å²) in [7, 11) is 2.17. The lowest BCUT2D eigenvalue weighted by molar-refractivity contribution is -0.136. The first-order valence-corrected chi connectivity index (χ1v) is 9.89. The maximum absolute atomic E-state index is 12.8. The third-order valence-corrected chi connectivity index (χ3v) is 5.79. The number of carbonyl (C=O) groups excluding carboxylic acids is 1. The summed E-state index contributed by atoms with van der Waals surface area (Å²) >= 11 is 0. The Labute approximate surface area is 160 Å². The predicted molar refractivity (Wildman–Crippen MR) is 102 cm³/mol. The molecule has 0 bridgehead atoms. The monoisotopic (exact) mass is 368 g/mol. The van der Waals surface area contributed by atoms with Crippen molar-refractivity contribution in [3.05, 3.63) is 41.7 Å². The molecule has 4 heterocycles. The van der Waals surface area contributed by atoms with Gasteiger partial charge in [-0.05, 0) is 39.0 Å². The summed E-state index contributed by atoms with van der Waals surface area (Å²) < 4.78 is 1.82. The lowest BCUT2D eigenvalue weighted by atomic mass is 9.95. The van der Waals surface area contributed by atoms with Gasteiger partial charge in [0.15, 0.2) is 0 Å². The Morgan fingerprint density at radius 3 is 2.85 bits per heavy atom. The summed E-state index contributed by atoms with van der Waals surface area (Å²) in [5.74, 6) is 1.55. The molecular weight excluding hydrogens is 340 g/mol. The predicted octanol–water partition coefficient (Wildman–Crippen LogP) is 1.70. The Hall–Kier alpha value is -2.28. The van der Waals surface area contributed by atoms with Crippen LogP contribution in [-0.4, -0.2) is 62.1 Å². The number of hydrogen-bond acceptors (Lipinski definition) is 5. The van der Waals surface area contributed by atoms with E-state index in [1.807, 2.05) is 35.0 Å². The van der Waals surface area contributed by atoms with Crippen LogP contribution in [-0.2, 0) is 24.3 Å². The molecule has 4 rings (SSSR count). The van der Waals surface area contributed by atoms with Crippen LogP contribution >= 0.6 is 0 Å². The molecule has 2 aliphatic heterocycles. The Balaban J connectivity index is 1.40. The van der Waals surface area contributed by atoms with E-state index in [-0.39, 0.29) is 11.8 Å². The molecule has 0 aliphatic carbocycles. The fourth-order valence-corrected chi connectivity index (χ4v) is 4.06. The van der Waals surface area contributed by atoms with Crippen LogP contribution in [0.1, 0.15) is 42.8 Å². The van der Waals surface area contributed by atoms with Gasteiger partial charge >= 0.3 is 0 Å². The molecule has 7 heteroatoms. The maximum atomic E-state index is 12.8. The topological polar surface area (TPSA) is 67.2 Å². The van der Waals surface area contributed by atoms with Gasteiger partial charge in [-0.2, -0.15) is 5.10 Å². The van der Waals surface area contributed by atoms with Crippen LogP contribution < -0.4 is 0 Å². The zero-order chi connectivity index (χ0) is 18.8. The van der Waals surface area contributed by atoms with Crippen molar-refractivity contribution < 1.29 is 4.79 Å². The van der Waals surface area contributed by atoms with Gasteiger partial charge in [0, 0.05) is 49.6 Å². The summed E-state index contributed by atoms with van der Waals surface area (Å²) in [6.45, 7) is 6.16. The highest BCUT2D eigenvalue weighted by atomic mass is 16.2. The lowest BCUT2D eigenvalue weighted by Gasteiger charge is -2.31. The molecule has 1 unspecified atom stereocenters. The largest absolute Gasteiger partial charge is 0.338 e. The standard InChI is InChI=1S/C20H28N6O/c1-15(13-26-8-3-7-22-26)20(27)25-11-6-18-17(14-25)12-21-19(23-18)16-4-9-24(2)10-5-16/h3,7-8,12,15-16H,4-6,9-11,13-14H2,1-2H3. The fourth-order valence-electron chi connectivity index (χ4n) is 4.06. The minimum Gasteiger partial charge on any atom is -0.338 e. The highest BCUT2D eigenvalue weighted by molar-refractivity contribution is 5.78. The molecule has 0 radical (unpaired) electrons. The van der Waals surface area contributed by atoms with Crippen molar-refractivity contribution >= 4 is 5.91 Å². The normalized spacial score (nSPS) is 19.7. The molecule has 2 aliphatic rings. The second kappa shape index (κ2) is 7.76. The van der Waals surface area contributed by atoms with Crippen molar-refractivity contribution in [2.45, 2.75) is 45.2 Å². The number of carbonyl (C=O) groups is 1. The zero-order valence-corrected chi connectivity index (χ0v) is 16.2. The van der Waals surface area contributed by atoms with Crippen LogP contribution in [0.2, 0.25) is 0 Å². The van der Waals surface area contributed by atoms with Gasteiger partial charge in [0.25, 0.3) is 0 Å². The van der Waals surface area contributed by atoms with E-state index in [1.165, 1.54) is 0 Å². The molecule has 27 heavy (non-hydrogen) atoms. The molecule has 1 saturated heterocycles. The van der Waals surface area contributed by atoms with Crippen LogP contribution in [0.5, 0.6) is 0 Å². The van der Waals surface area contributed by atoms with E-state index in [0.717, 1.165) is 56.0 Å². The van der Waals surface area contributed by atoms with Crippen molar-refractivity contribution in [1.29, 1.82) is 0 Å². The quantitative estimate of drug-likeness (QED) is 0.822. The minimum absolute atomic E-state index is 0.0918. The molecule has 0 aromatic carbocycles. The van der Waals surface area contributed by atoms with Crippen LogP contribution in [0.15, 0.2) is 24.7 Å². The number of nitrogens with zero attached hydrogens (tertiary/aromatic N) is 6. The number of fused-ring (bicyclic) bond motifs is 1. The number of likely N-dealkylation sites (tertiary alicyclic amines) is 1. The highest BCUT2D eigenvalue weighted by Crippen LogP contribution is 2.27. The van der Waals surface area contributed by atoms with Gasteiger partial charge in [-0.1, -0.05) is 6.92 Å². The van der Waals surface area contributed by atoms with Gasteiger partial charge in [0.2, 0.25) is 5.91 Å². The first kappa shape index (κ1) is 18.1. The summed E-state index contributed by atoms with van der Waals surface area (Å²) in [5, 5.41) is 4.20. The summed E-state index contributed by atoms with van der Waals surface area (Å²) in [6.07, 6.45) is 8.67. The fraction of sp³-hybridized carbons (Fsp3) is 0.600. The molecule has 0 N–H and O–H groups in total. The van der Waals surface area contributed by atoms with Gasteiger partial charge in [-0.3, -0.25) is 9.48 Å². The van der Waals surface area contributed by atoms with Crippen LogP contribution in [0.4, 0.5) is 0 Å². The van der Waals surface area contributed by atoms with E-state index in [4.69, 9.17) is 4.98 Å². The van der Waals surface area contributed by atoms with Gasteiger partial charge in [0.05, 0.1) is 18.2 Å². The van der Waals surface area contributed by atoms with E-state index in [1.54, 1.807) is 6.20 Å². The van der Waals surface area contributed by atoms with Gasteiger partial charge < -0.3 is 9.80 Å². The van der Waals surface area contributed by atoms with E-state index in [9.17, 15) is 4.79 Å². The Bertz CT molecular complexity index is 782. The number of hydrogen-bond donors (Lipinski definition) is 0. The van der Waals surface area contributed by atoms with Gasteiger partial charge in [-0.25, -0.2) is 9.97 Å². The summed E-state index contributed by atoms with van der Waals surface area (Å²) in [6, 6.07) is 1.88. The second-order valence-corrected chi connectivity index (χ2v) is 7.92. The van der Waals surface area contributed by atoms with E-state index in [0.29, 0.717) is 19.0 Å². The van der Waals surface area contributed by atoms with Crippen molar-refractivity contribution in [3.63, 3.8) is 0 Å². The zero-order valence-electron chi connectivity index (χ0n) is 16.2. The molecule has 1 atom stereocenters.